The van der Waals surface area contributed by atoms with Gasteiger partial charge < -0.3 is 5.73 Å². The maximum Gasteiger partial charge on any atom is 0.0440 e. The highest BCUT2D eigenvalue weighted by Gasteiger charge is 2.01. The number of aryl methyl sites for hydroxylation is 2. The van der Waals surface area contributed by atoms with Crippen molar-refractivity contribution < 1.29 is 0 Å². The largest absolute Gasteiger partial charge is 0.328 e. The van der Waals surface area contributed by atoms with Gasteiger partial charge in [-0.3, -0.25) is 0 Å². The first-order valence-electron chi connectivity index (χ1n) is 4.60. The van der Waals surface area contributed by atoms with E-state index in [2.05, 4.69) is 12.1 Å². The van der Waals surface area contributed by atoms with Crippen LogP contribution >= 0.6 is 11.6 Å². The molecule has 2 N–H and O–H groups in total. The van der Waals surface area contributed by atoms with E-state index in [4.69, 9.17) is 17.3 Å². The van der Waals surface area contributed by atoms with Gasteiger partial charge in [0.25, 0.3) is 0 Å². The third-order valence-corrected chi connectivity index (χ3v) is 2.43. The Kier molecular flexibility index (Phi) is 3.76. The lowest BCUT2D eigenvalue weighted by Gasteiger charge is -2.07. The van der Waals surface area contributed by atoms with Gasteiger partial charge in [0, 0.05) is 11.1 Å². The van der Waals surface area contributed by atoms with E-state index < -0.39 is 0 Å². The molecule has 0 heterocycles. The molecule has 0 saturated heterocycles. The second-order valence-corrected chi connectivity index (χ2v) is 4.02. The van der Waals surface area contributed by atoms with Crippen molar-refractivity contribution in [2.24, 2.45) is 5.73 Å². The van der Waals surface area contributed by atoms with Gasteiger partial charge in [-0.15, -0.1) is 0 Å². The molecule has 72 valence electrons. The molecule has 0 aliphatic heterocycles. The molecular formula is C11H16ClN. The van der Waals surface area contributed by atoms with Crippen LogP contribution in [0.2, 0.25) is 5.02 Å². The van der Waals surface area contributed by atoms with Crippen LogP contribution in [0.25, 0.3) is 0 Å². The van der Waals surface area contributed by atoms with Crippen molar-refractivity contribution in [1.82, 2.24) is 0 Å². The fraction of sp³-hybridized carbons (Fsp3) is 0.455. The summed E-state index contributed by atoms with van der Waals surface area (Å²) in [5.41, 5.74) is 8.08. The Labute approximate surface area is 84.9 Å². The molecule has 0 spiro atoms. The molecule has 0 bridgehead atoms. The van der Waals surface area contributed by atoms with Crippen molar-refractivity contribution in [3.05, 3.63) is 34.3 Å². The van der Waals surface area contributed by atoms with Crippen molar-refractivity contribution >= 4 is 11.6 Å². The maximum absolute atomic E-state index is 6.07. The van der Waals surface area contributed by atoms with Crippen LogP contribution in [0.3, 0.4) is 0 Å². The summed E-state index contributed by atoms with van der Waals surface area (Å²) in [5.74, 6) is 0. The predicted molar refractivity (Wildman–Crippen MR) is 58.2 cm³/mol. The van der Waals surface area contributed by atoms with Crippen LogP contribution in [0, 0.1) is 6.92 Å². The Morgan fingerprint density at radius 1 is 1.46 bits per heavy atom. The molecule has 0 amide bonds. The van der Waals surface area contributed by atoms with E-state index >= 15 is 0 Å². The summed E-state index contributed by atoms with van der Waals surface area (Å²) in [7, 11) is 0. The number of hydrogen-bond donors (Lipinski definition) is 1. The average molecular weight is 198 g/mol. The molecular weight excluding hydrogens is 182 g/mol. The normalized spacial score (nSPS) is 12.9. The minimum absolute atomic E-state index is 0.248. The van der Waals surface area contributed by atoms with Gasteiger partial charge in [-0.2, -0.15) is 0 Å². The number of hydrogen-bond acceptors (Lipinski definition) is 1. The van der Waals surface area contributed by atoms with E-state index in [1.54, 1.807) is 0 Å². The number of benzene rings is 1. The van der Waals surface area contributed by atoms with Gasteiger partial charge in [0.2, 0.25) is 0 Å². The van der Waals surface area contributed by atoms with Gasteiger partial charge in [-0.05, 0) is 43.9 Å². The summed E-state index contributed by atoms with van der Waals surface area (Å²) < 4.78 is 0. The molecule has 13 heavy (non-hydrogen) atoms. The number of rotatable bonds is 3. The summed E-state index contributed by atoms with van der Waals surface area (Å²) in [6, 6.07) is 6.41. The molecule has 0 aliphatic rings. The zero-order valence-electron chi connectivity index (χ0n) is 8.18. The predicted octanol–water partition coefficient (Wildman–Crippen LogP) is 2.93. The second kappa shape index (κ2) is 4.64. The maximum atomic E-state index is 6.07. The SMILES string of the molecule is Cc1ccc(CCC(C)N)c(Cl)c1. The Hall–Kier alpha value is -0.530. The third-order valence-electron chi connectivity index (χ3n) is 2.08. The summed E-state index contributed by atoms with van der Waals surface area (Å²) in [6.45, 7) is 4.06. The third kappa shape index (κ3) is 3.37. The van der Waals surface area contributed by atoms with Crippen molar-refractivity contribution in [3.8, 4) is 0 Å². The smallest absolute Gasteiger partial charge is 0.0440 e. The summed E-state index contributed by atoms with van der Waals surface area (Å²) in [5, 5.41) is 0.862. The van der Waals surface area contributed by atoms with Crippen molar-refractivity contribution in [2.45, 2.75) is 32.7 Å². The highest BCUT2D eigenvalue weighted by molar-refractivity contribution is 6.31. The highest BCUT2D eigenvalue weighted by atomic mass is 35.5. The van der Waals surface area contributed by atoms with Crippen molar-refractivity contribution in [1.29, 1.82) is 0 Å². The quantitative estimate of drug-likeness (QED) is 0.793. The topological polar surface area (TPSA) is 26.0 Å². The van der Waals surface area contributed by atoms with Gasteiger partial charge in [0.1, 0.15) is 0 Å². The average Bonchev–Trinajstić information content (AvgIpc) is 2.02. The lowest BCUT2D eigenvalue weighted by atomic mass is 10.1. The van der Waals surface area contributed by atoms with E-state index in [0.717, 1.165) is 17.9 Å². The molecule has 2 heteroatoms. The molecule has 0 aliphatic carbocycles. The Balaban J connectivity index is 2.67. The summed E-state index contributed by atoms with van der Waals surface area (Å²) in [6.07, 6.45) is 1.96. The van der Waals surface area contributed by atoms with Gasteiger partial charge in [-0.25, -0.2) is 0 Å². The zero-order valence-corrected chi connectivity index (χ0v) is 8.93. The molecule has 1 aromatic carbocycles. The lowest BCUT2D eigenvalue weighted by molar-refractivity contribution is 0.666. The molecule has 1 nitrogen and oxygen atoms in total. The Bertz CT molecular complexity index is 281. The van der Waals surface area contributed by atoms with E-state index in [-0.39, 0.29) is 6.04 Å². The standard InChI is InChI=1S/C11H16ClN/c1-8-3-5-10(11(12)7-8)6-4-9(2)13/h3,5,7,9H,4,6,13H2,1-2H3. The van der Waals surface area contributed by atoms with Crippen LogP contribution < -0.4 is 5.73 Å². The highest BCUT2D eigenvalue weighted by Crippen LogP contribution is 2.19. The molecule has 1 unspecified atom stereocenters. The minimum atomic E-state index is 0.248. The molecule has 1 rings (SSSR count). The van der Waals surface area contributed by atoms with Crippen LogP contribution in [-0.4, -0.2) is 6.04 Å². The Morgan fingerprint density at radius 2 is 2.15 bits per heavy atom. The van der Waals surface area contributed by atoms with E-state index in [9.17, 15) is 0 Å². The van der Waals surface area contributed by atoms with Gasteiger partial charge in [0.05, 0.1) is 0 Å². The van der Waals surface area contributed by atoms with Crippen LogP contribution in [0.15, 0.2) is 18.2 Å². The fourth-order valence-electron chi connectivity index (χ4n) is 1.24. The number of nitrogens with two attached hydrogens (primary N) is 1. The minimum Gasteiger partial charge on any atom is -0.328 e. The molecule has 0 fully saturated rings. The molecule has 0 aromatic heterocycles. The van der Waals surface area contributed by atoms with Gasteiger partial charge >= 0.3 is 0 Å². The first-order chi connectivity index (χ1) is 6.09. The zero-order chi connectivity index (χ0) is 9.84. The van der Waals surface area contributed by atoms with Crippen LogP contribution in [0.1, 0.15) is 24.5 Å². The van der Waals surface area contributed by atoms with Gasteiger partial charge in [0.15, 0.2) is 0 Å². The first kappa shape index (κ1) is 10.6. The van der Waals surface area contributed by atoms with Crippen LogP contribution in [0.5, 0.6) is 0 Å². The van der Waals surface area contributed by atoms with Gasteiger partial charge in [-0.1, -0.05) is 23.7 Å². The monoisotopic (exact) mass is 197 g/mol. The second-order valence-electron chi connectivity index (χ2n) is 3.61. The first-order valence-corrected chi connectivity index (χ1v) is 4.98. The van der Waals surface area contributed by atoms with E-state index in [1.807, 2.05) is 19.9 Å². The lowest BCUT2D eigenvalue weighted by Crippen LogP contribution is -2.15. The van der Waals surface area contributed by atoms with E-state index in [1.165, 1.54) is 11.1 Å². The molecule has 1 aromatic rings. The molecule has 0 radical (unpaired) electrons. The van der Waals surface area contributed by atoms with Crippen LogP contribution in [0.4, 0.5) is 0 Å². The Morgan fingerprint density at radius 3 is 2.69 bits per heavy atom. The number of halogens is 1. The molecule has 0 saturated carbocycles. The summed E-state index contributed by atoms with van der Waals surface area (Å²) >= 11 is 6.07. The summed E-state index contributed by atoms with van der Waals surface area (Å²) in [4.78, 5) is 0. The van der Waals surface area contributed by atoms with E-state index in [0.29, 0.717) is 0 Å². The van der Waals surface area contributed by atoms with Crippen molar-refractivity contribution in [2.75, 3.05) is 0 Å². The van der Waals surface area contributed by atoms with Crippen LogP contribution in [-0.2, 0) is 6.42 Å². The fourth-order valence-corrected chi connectivity index (χ4v) is 1.57. The molecule has 1 atom stereocenters. The van der Waals surface area contributed by atoms with Crippen molar-refractivity contribution in [3.63, 3.8) is 0 Å².